The van der Waals surface area contributed by atoms with Crippen molar-refractivity contribution in [2.24, 2.45) is 5.92 Å². The standard InChI is InChI=1S/C7H10S/c1-6-3-2-4-7(8)5-6/h2,4-6,8H,3H2,1H3. The Kier molecular flexibility index (Phi) is 1.79. The first kappa shape index (κ1) is 5.96. The highest BCUT2D eigenvalue weighted by Gasteiger charge is 1.98. The Hall–Kier alpha value is -0.170. The Bertz CT molecular complexity index is 133. The van der Waals surface area contributed by atoms with Gasteiger partial charge in [0.25, 0.3) is 0 Å². The van der Waals surface area contributed by atoms with Crippen molar-refractivity contribution < 1.29 is 0 Å². The normalized spacial score (nSPS) is 27.8. The van der Waals surface area contributed by atoms with Crippen LogP contribution in [-0.4, -0.2) is 0 Å². The minimum Gasteiger partial charge on any atom is -0.144 e. The van der Waals surface area contributed by atoms with E-state index in [2.05, 4.69) is 31.7 Å². The molecule has 0 saturated carbocycles. The van der Waals surface area contributed by atoms with Gasteiger partial charge in [0.2, 0.25) is 0 Å². The molecule has 1 heteroatoms. The van der Waals surface area contributed by atoms with Crippen LogP contribution in [0.3, 0.4) is 0 Å². The van der Waals surface area contributed by atoms with Crippen molar-refractivity contribution in [3.8, 4) is 0 Å². The maximum absolute atomic E-state index is 4.19. The van der Waals surface area contributed by atoms with E-state index >= 15 is 0 Å². The van der Waals surface area contributed by atoms with Crippen LogP contribution in [0.2, 0.25) is 0 Å². The van der Waals surface area contributed by atoms with Gasteiger partial charge < -0.3 is 0 Å². The van der Waals surface area contributed by atoms with Crippen molar-refractivity contribution in [1.82, 2.24) is 0 Å². The molecule has 0 aliphatic heterocycles. The third kappa shape index (κ3) is 1.41. The minimum atomic E-state index is 0.687. The number of rotatable bonds is 0. The third-order valence-electron chi connectivity index (χ3n) is 1.25. The Labute approximate surface area is 55.7 Å². The quantitative estimate of drug-likeness (QED) is 0.473. The van der Waals surface area contributed by atoms with Crippen LogP contribution < -0.4 is 0 Å². The molecule has 0 heterocycles. The second-order valence-corrected chi connectivity index (χ2v) is 2.72. The Morgan fingerprint density at radius 2 is 2.50 bits per heavy atom. The van der Waals surface area contributed by atoms with E-state index in [1.807, 2.05) is 6.08 Å². The van der Waals surface area contributed by atoms with E-state index in [0.717, 1.165) is 4.91 Å². The Morgan fingerprint density at radius 3 is 2.88 bits per heavy atom. The van der Waals surface area contributed by atoms with Gasteiger partial charge >= 0.3 is 0 Å². The first-order chi connectivity index (χ1) is 3.79. The summed E-state index contributed by atoms with van der Waals surface area (Å²) in [5.74, 6) is 0.687. The molecule has 0 bridgehead atoms. The molecule has 1 atom stereocenters. The molecule has 44 valence electrons. The molecule has 0 saturated heterocycles. The van der Waals surface area contributed by atoms with Gasteiger partial charge in [0.15, 0.2) is 0 Å². The summed E-state index contributed by atoms with van der Waals surface area (Å²) in [7, 11) is 0. The van der Waals surface area contributed by atoms with Crippen LogP contribution in [0.25, 0.3) is 0 Å². The van der Waals surface area contributed by atoms with Gasteiger partial charge in [-0.1, -0.05) is 25.2 Å². The van der Waals surface area contributed by atoms with Crippen molar-refractivity contribution in [1.29, 1.82) is 0 Å². The molecule has 0 radical (unpaired) electrons. The van der Waals surface area contributed by atoms with Crippen LogP contribution in [0.1, 0.15) is 13.3 Å². The fourth-order valence-corrected chi connectivity index (χ4v) is 1.18. The molecule has 0 fully saturated rings. The maximum Gasteiger partial charge on any atom is -0.0000364 e. The first-order valence-electron chi connectivity index (χ1n) is 2.86. The van der Waals surface area contributed by atoms with E-state index < -0.39 is 0 Å². The highest BCUT2D eigenvalue weighted by molar-refractivity contribution is 7.84. The summed E-state index contributed by atoms with van der Waals surface area (Å²) in [4.78, 5) is 1.10. The molecule has 1 unspecified atom stereocenters. The van der Waals surface area contributed by atoms with Gasteiger partial charge in [-0.3, -0.25) is 0 Å². The number of thiol groups is 1. The Morgan fingerprint density at radius 1 is 1.75 bits per heavy atom. The fourth-order valence-electron chi connectivity index (χ4n) is 0.819. The molecule has 0 nitrogen and oxygen atoms in total. The smallest absolute Gasteiger partial charge is 0.0000364 e. The molecule has 0 spiro atoms. The van der Waals surface area contributed by atoms with Crippen LogP contribution in [-0.2, 0) is 0 Å². The predicted octanol–water partition coefficient (Wildman–Crippen LogP) is 2.40. The summed E-state index contributed by atoms with van der Waals surface area (Å²) in [6.07, 6.45) is 7.54. The van der Waals surface area contributed by atoms with E-state index in [4.69, 9.17) is 0 Å². The van der Waals surface area contributed by atoms with E-state index in [-0.39, 0.29) is 0 Å². The summed E-state index contributed by atoms with van der Waals surface area (Å²) >= 11 is 4.19. The summed E-state index contributed by atoms with van der Waals surface area (Å²) in [5, 5.41) is 0. The molecule has 1 aliphatic carbocycles. The zero-order chi connectivity index (χ0) is 5.98. The lowest BCUT2D eigenvalue weighted by Crippen LogP contribution is -1.90. The molecular weight excluding hydrogens is 116 g/mol. The van der Waals surface area contributed by atoms with Crippen LogP contribution in [0.4, 0.5) is 0 Å². The van der Waals surface area contributed by atoms with Crippen molar-refractivity contribution in [2.45, 2.75) is 13.3 Å². The molecule has 0 N–H and O–H groups in total. The Balaban J connectivity index is 2.63. The second kappa shape index (κ2) is 2.40. The molecule has 1 aliphatic rings. The van der Waals surface area contributed by atoms with Gasteiger partial charge in [-0.15, -0.1) is 12.6 Å². The van der Waals surface area contributed by atoms with Gasteiger partial charge in [-0.2, -0.15) is 0 Å². The van der Waals surface area contributed by atoms with Crippen molar-refractivity contribution in [3.63, 3.8) is 0 Å². The lowest BCUT2D eigenvalue weighted by Gasteiger charge is -2.06. The van der Waals surface area contributed by atoms with Crippen LogP contribution >= 0.6 is 12.6 Å². The lowest BCUT2D eigenvalue weighted by molar-refractivity contribution is 0.735. The average Bonchev–Trinajstić information content (AvgIpc) is 1.64. The van der Waals surface area contributed by atoms with Crippen LogP contribution in [0.15, 0.2) is 23.1 Å². The SMILES string of the molecule is CC1C=C(S)C=CC1. The topological polar surface area (TPSA) is 0 Å². The third-order valence-corrected chi connectivity index (χ3v) is 1.55. The average molecular weight is 126 g/mol. The molecule has 0 aromatic rings. The molecule has 0 amide bonds. The maximum atomic E-state index is 4.19. The highest BCUT2D eigenvalue weighted by Crippen LogP contribution is 2.17. The van der Waals surface area contributed by atoms with Crippen molar-refractivity contribution in [2.75, 3.05) is 0 Å². The zero-order valence-corrected chi connectivity index (χ0v) is 5.86. The first-order valence-corrected chi connectivity index (χ1v) is 3.31. The van der Waals surface area contributed by atoms with Crippen LogP contribution in [0.5, 0.6) is 0 Å². The van der Waals surface area contributed by atoms with Gasteiger partial charge in [0.1, 0.15) is 0 Å². The molecule has 8 heavy (non-hydrogen) atoms. The van der Waals surface area contributed by atoms with E-state index in [1.54, 1.807) is 0 Å². The molecular formula is C7H10S. The van der Waals surface area contributed by atoms with Crippen LogP contribution in [0, 0.1) is 5.92 Å². The highest BCUT2D eigenvalue weighted by atomic mass is 32.1. The van der Waals surface area contributed by atoms with E-state index in [9.17, 15) is 0 Å². The molecule has 1 rings (SSSR count). The monoisotopic (exact) mass is 126 g/mol. The summed E-state index contributed by atoms with van der Waals surface area (Å²) in [6.45, 7) is 2.19. The van der Waals surface area contributed by atoms with Gasteiger partial charge in [-0.05, 0) is 17.2 Å². The van der Waals surface area contributed by atoms with Crippen molar-refractivity contribution >= 4 is 12.6 Å². The predicted molar refractivity (Wildman–Crippen MR) is 40.0 cm³/mol. The van der Waals surface area contributed by atoms with Gasteiger partial charge in [-0.25, -0.2) is 0 Å². The second-order valence-electron chi connectivity index (χ2n) is 2.21. The van der Waals surface area contributed by atoms with Crippen molar-refractivity contribution in [3.05, 3.63) is 23.1 Å². The number of hydrogen-bond acceptors (Lipinski definition) is 1. The number of hydrogen-bond donors (Lipinski definition) is 1. The van der Waals surface area contributed by atoms with Gasteiger partial charge in [0, 0.05) is 0 Å². The zero-order valence-electron chi connectivity index (χ0n) is 4.96. The van der Waals surface area contributed by atoms with E-state index in [1.165, 1.54) is 6.42 Å². The summed E-state index contributed by atoms with van der Waals surface area (Å²) < 4.78 is 0. The van der Waals surface area contributed by atoms with Gasteiger partial charge in [0.05, 0.1) is 0 Å². The summed E-state index contributed by atoms with van der Waals surface area (Å²) in [5.41, 5.74) is 0. The number of allylic oxidation sites excluding steroid dienone is 3. The molecule has 0 aromatic carbocycles. The molecule has 0 aromatic heterocycles. The summed E-state index contributed by atoms with van der Waals surface area (Å²) in [6, 6.07) is 0. The minimum absolute atomic E-state index is 0.687. The lowest BCUT2D eigenvalue weighted by atomic mass is 10.0. The van der Waals surface area contributed by atoms with E-state index in [0.29, 0.717) is 5.92 Å². The fraction of sp³-hybridized carbons (Fsp3) is 0.429. The largest absolute Gasteiger partial charge is 0.144 e.